The lowest BCUT2D eigenvalue weighted by Crippen LogP contribution is -2.44. The van der Waals surface area contributed by atoms with Gasteiger partial charge in [0, 0.05) is 42.8 Å². The summed E-state index contributed by atoms with van der Waals surface area (Å²) < 4.78 is 13.4. The van der Waals surface area contributed by atoms with Crippen molar-refractivity contribution in [2.45, 2.75) is 13.0 Å². The minimum Gasteiger partial charge on any atom is -0.505 e. The molecular weight excluding hydrogens is 243 g/mol. The molecule has 1 heterocycles. The molecule has 0 amide bonds. The van der Waals surface area contributed by atoms with E-state index < -0.39 is 5.82 Å². The minimum absolute atomic E-state index is 0.0368. The van der Waals surface area contributed by atoms with Crippen LogP contribution < -0.4 is 5.32 Å². The predicted molar refractivity (Wildman–Crippen MR) is 65.9 cm³/mol. The molecule has 0 radical (unpaired) electrons. The number of nitrogens with zero attached hydrogens (tertiary/aromatic N) is 1. The number of rotatable bonds is 2. The van der Waals surface area contributed by atoms with Gasteiger partial charge in [-0.2, -0.15) is 0 Å². The summed E-state index contributed by atoms with van der Waals surface area (Å²) in [6.07, 6.45) is 0. The molecular formula is C12H16ClFN2O. The highest BCUT2D eigenvalue weighted by Gasteiger charge is 2.22. The number of benzene rings is 1. The Morgan fingerprint density at radius 1 is 1.41 bits per heavy atom. The molecule has 3 nitrogen and oxygen atoms in total. The molecule has 1 atom stereocenters. The summed E-state index contributed by atoms with van der Waals surface area (Å²) in [5.41, 5.74) is 0.553. The molecule has 1 aromatic rings. The molecule has 0 saturated carbocycles. The zero-order chi connectivity index (χ0) is 12.4. The Bertz CT molecular complexity index is 408. The maximum absolute atomic E-state index is 13.4. The van der Waals surface area contributed by atoms with Crippen LogP contribution in [0.4, 0.5) is 4.39 Å². The molecule has 1 saturated heterocycles. The fraction of sp³-hybridized carbons (Fsp3) is 0.500. The van der Waals surface area contributed by atoms with Crippen molar-refractivity contribution in [3.63, 3.8) is 0 Å². The third-order valence-corrected chi connectivity index (χ3v) is 3.43. The first-order chi connectivity index (χ1) is 8.09. The van der Waals surface area contributed by atoms with E-state index in [4.69, 9.17) is 11.6 Å². The first-order valence-electron chi connectivity index (χ1n) is 5.72. The van der Waals surface area contributed by atoms with Crippen molar-refractivity contribution >= 4 is 11.6 Å². The lowest BCUT2D eigenvalue weighted by Gasteiger charge is -2.33. The summed E-state index contributed by atoms with van der Waals surface area (Å²) in [5.74, 6) is -0.949. The number of hydrogen-bond acceptors (Lipinski definition) is 3. The van der Waals surface area contributed by atoms with Crippen LogP contribution in [-0.2, 0) is 0 Å². The minimum atomic E-state index is -0.658. The van der Waals surface area contributed by atoms with E-state index in [-0.39, 0.29) is 11.8 Å². The van der Waals surface area contributed by atoms with Gasteiger partial charge in [-0.3, -0.25) is 4.90 Å². The number of halogens is 2. The van der Waals surface area contributed by atoms with Crippen LogP contribution in [0.25, 0.3) is 0 Å². The number of hydrogen-bond donors (Lipinski definition) is 2. The van der Waals surface area contributed by atoms with E-state index in [0.29, 0.717) is 10.6 Å². The van der Waals surface area contributed by atoms with Crippen molar-refractivity contribution in [1.29, 1.82) is 0 Å². The average Bonchev–Trinajstić information content (AvgIpc) is 2.34. The molecule has 94 valence electrons. The van der Waals surface area contributed by atoms with E-state index in [0.717, 1.165) is 32.2 Å². The molecule has 0 spiro atoms. The van der Waals surface area contributed by atoms with Gasteiger partial charge >= 0.3 is 0 Å². The van der Waals surface area contributed by atoms with E-state index in [1.54, 1.807) is 6.07 Å². The zero-order valence-corrected chi connectivity index (χ0v) is 10.5. The molecule has 2 rings (SSSR count). The van der Waals surface area contributed by atoms with Crippen molar-refractivity contribution < 1.29 is 9.50 Å². The summed E-state index contributed by atoms with van der Waals surface area (Å²) in [4.78, 5) is 2.20. The van der Waals surface area contributed by atoms with Gasteiger partial charge in [-0.05, 0) is 19.1 Å². The molecule has 0 aliphatic carbocycles. The van der Waals surface area contributed by atoms with Gasteiger partial charge in [0.25, 0.3) is 0 Å². The van der Waals surface area contributed by atoms with Crippen LogP contribution in [0, 0.1) is 5.82 Å². The van der Waals surface area contributed by atoms with Gasteiger partial charge in [-0.15, -0.1) is 0 Å². The van der Waals surface area contributed by atoms with E-state index in [2.05, 4.69) is 10.2 Å². The molecule has 1 aromatic carbocycles. The fourth-order valence-electron chi connectivity index (χ4n) is 2.17. The number of aromatic hydroxyl groups is 1. The highest BCUT2D eigenvalue weighted by atomic mass is 35.5. The van der Waals surface area contributed by atoms with Crippen LogP contribution >= 0.6 is 11.6 Å². The maximum atomic E-state index is 13.4. The Kier molecular flexibility index (Phi) is 3.86. The molecule has 17 heavy (non-hydrogen) atoms. The molecule has 0 aromatic heterocycles. The quantitative estimate of drug-likeness (QED) is 0.853. The van der Waals surface area contributed by atoms with Gasteiger partial charge in [0.05, 0.1) is 0 Å². The summed E-state index contributed by atoms with van der Waals surface area (Å²) in [5, 5.41) is 13.3. The zero-order valence-electron chi connectivity index (χ0n) is 9.71. The SMILES string of the molecule is C[C@@H](c1cc(Cl)cc(F)c1O)N1CCNCC1. The van der Waals surface area contributed by atoms with E-state index in [9.17, 15) is 9.50 Å². The maximum Gasteiger partial charge on any atom is 0.166 e. The largest absolute Gasteiger partial charge is 0.505 e. The van der Waals surface area contributed by atoms with Crippen LogP contribution in [-0.4, -0.2) is 36.2 Å². The van der Waals surface area contributed by atoms with Gasteiger partial charge < -0.3 is 10.4 Å². The van der Waals surface area contributed by atoms with Gasteiger partial charge in [0.2, 0.25) is 0 Å². The first-order valence-corrected chi connectivity index (χ1v) is 6.10. The van der Waals surface area contributed by atoms with Crippen molar-refractivity contribution in [2.75, 3.05) is 26.2 Å². The number of phenols is 1. The molecule has 5 heteroatoms. The second-order valence-corrected chi connectivity index (χ2v) is 4.72. The van der Waals surface area contributed by atoms with Crippen LogP contribution in [0.5, 0.6) is 5.75 Å². The predicted octanol–water partition coefficient (Wildman–Crippen LogP) is 2.15. The summed E-state index contributed by atoms with van der Waals surface area (Å²) in [6, 6.07) is 2.72. The number of nitrogens with one attached hydrogen (secondary N) is 1. The molecule has 1 aliphatic heterocycles. The van der Waals surface area contributed by atoms with E-state index in [1.165, 1.54) is 0 Å². The summed E-state index contributed by atoms with van der Waals surface area (Å²) in [6.45, 7) is 5.54. The standard InChI is InChI=1S/C12H16ClFN2O/c1-8(16-4-2-15-3-5-16)10-6-9(13)7-11(14)12(10)17/h6-8,15,17H,2-5H2,1H3/t8-/m0/s1. The monoisotopic (exact) mass is 258 g/mol. The summed E-state index contributed by atoms with van der Waals surface area (Å²) >= 11 is 5.82. The van der Waals surface area contributed by atoms with Crippen molar-refractivity contribution in [3.05, 3.63) is 28.5 Å². The Hall–Kier alpha value is -0.840. The second kappa shape index (κ2) is 5.21. The van der Waals surface area contributed by atoms with Crippen LogP contribution in [0.3, 0.4) is 0 Å². The lowest BCUT2D eigenvalue weighted by atomic mass is 10.0. The number of phenolic OH excluding ortho intramolecular Hbond substituents is 1. The topological polar surface area (TPSA) is 35.5 Å². The Morgan fingerprint density at radius 2 is 2.06 bits per heavy atom. The van der Waals surface area contributed by atoms with Crippen LogP contribution in [0.15, 0.2) is 12.1 Å². The number of piperazine rings is 1. The fourth-order valence-corrected chi connectivity index (χ4v) is 2.38. The van der Waals surface area contributed by atoms with Crippen LogP contribution in [0.2, 0.25) is 5.02 Å². The van der Waals surface area contributed by atoms with Gasteiger partial charge in [0.1, 0.15) is 0 Å². The van der Waals surface area contributed by atoms with Crippen molar-refractivity contribution in [2.24, 2.45) is 0 Å². The normalized spacial score (nSPS) is 19.2. The second-order valence-electron chi connectivity index (χ2n) is 4.29. The Balaban J connectivity index is 2.26. The highest BCUT2D eigenvalue weighted by molar-refractivity contribution is 6.30. The molecule has 2 N–H and O–H groups in total. The first kappa shape index (κ1) is 12.6. The highest BCUT2D eigenvalue weighted by Crippen LogP contribution is 2.33. The molecule has 0 unspecified atom stereocenters. The van der Waals surface area contributed by atoms with Gasteiger partial charge in [0.15, 0.2) is 11.6 Å². The molecule has 1 fully saturated rings. The smallest absolute Gasteiger partial charge is 0.166 e. The molecule has 0 bridgehead atoms. The molecule has 1 aliphatic rings. The Morgan fingerprint density at radius 3 is 2.71 bits per heavy atom. The van der Waals surface area contributed by atoms with Gasteiger partial charge in [-0.1, -0.05) is 11.6 Å². The van der Waals surface area contributed by atoms with E-state index >= 15 is 0 Å². The van der Waals surface area contributed by atoms with Gasteiger partial charge in [-0.25, -0.2) is 4.39 Å². The van der Waals surface area contributed by atoms with Crippen molar-refractivity contribution in [3.8, 4) is 5.75 Å². The third kappa shape index (κ3) is 2.70. The lowest BCUT2D eigenvalue weighted by molar-refractivity contribution is 0.182. The average molecular weight is 259 g/mol. The third-order valence-electron chi connectivity index (χ3n) is 3.21. The summed E-state index contributed by atoms with van der Waals surface area (Å²) in [7, 11) is 0. The van der Waals surface area contributed by atoms with Crippen LogP contribution in [0.1, 0.15) is 18.5 Å². The van der Waals surface area contributed by atoms with E-state index in [1.807, 2.05) is 6.92 Å². The van der Waals surface area contributed by atoms with Crippen molar-refractivity contribution in [1.82, 2.24) is 10.2 Å². The Labute approximate surface area is 105 Å².